The standard InChI is InChI=1S/C12H18ClNO4S2/c1-12(2,3)9-14(4)20(17,18)11-8-6-5-7-10(11)19(13,15)16/h5-8H,9H2,1-4H3. The van der Waals surface area contributed by atoms with Gasteiger partial charge in [0.2, 0.25) is 10.0 Å². The van der Waals surface area contributed by atoms with Crippen molar-refractivity contribution in [3.63, 3.8) is 0 Å². The fourth-order valence-corrected chi connectivity index (χ4v) is 4.99. The Hall–Kier alpha value is -0.630. The molecule has 0 atom stereocenters. The third-order valence-corrected chi connectivity index (χ3v) is 5.87. The van der Waals surface area contributed by atoms with Crippen molar-refractivity contribution >= 4 is 29.8 Å². The first kappa shape index (κ1) is 17.4. The molecule has 0 N–H and O–H groups in total. The minimum Gasteiger partial charge on any atom is -0.207 e. The van der Waals surface area contributed by atoms with Crippen LogP contribution in [0.3, 0.4) is 0 Å². The lowest BCUT2D eigenvalue weighted by molar-refractivity contribution is 0.310. The summed E-state index contributed by atoms with van der Waals surface area (Å²) < 4.78 is 49.1. The lowest BCUT2D eigenvalue weighted by atomic mass is 9.97. The molecule has 20 heavy (non-hydrogen) atoms. The van der Waals surface area contributed by atoms with Gasteiger partial charge in [0.25, 0.3) is 9.05 Å². The number of halogens is 1. The Bertz CT molecular complexity index is 690. The van der Waals surface area contributed by atoms with Crippen LogP contribution in [0.4, 0.5) is 0 Å². The third-order valence-electron chi connectivity index (χ3n) is 2.50. The molecule has 1 aromatic carbocycles. The van der Waals surface area contributed by atoms with Crippen molar-refractivity contribution in [2.45, 2.75) is 30.6 Å². The van der Waals surface area contributed by atoms with Crippen LogP contribution < -0.4 is 0 Å². The normalized spacial score (nSPS) is 13.7. The fraction of sp³-hybridized carbons (Fsp3) is 0.500. The Morgan fingerprint density at radius 2 is 1.50 bits per heavy atom. The summed E-state index contributed by atoms with van der Waals surface area (Å²) in [7, 11) is -1.33. The minimum absolute atomic E-state index is 0.253. The topological polar surface area (TPSA) is 71.5 Å². The van der Waals surface area contributed by atoms with Gasteiger partial charge in [-0.15, -0.1) is 0 Å². The fourth-order valence-electron chi connectivity index (χ4n) is 1.79. The van der Waals surface area contributed by atoms with Crippen molar-refractivity contribution in [1.29, 1.82) is 0 Å². The second kappa shape index (κ2) is 5.63. The summed E-state index contributed by atoms with van der Waals surface area (Å²) in [5.74, 6) is 0. The van der Waals surface area contributed by atoms with Crippen LogP contribution in [0.25, 0.3) is 0 Å². The van der Waals surface area contributed by atoms with Gasteiger partial charge < -0.3 is 0 Å². The number of hydrogen-bond donors (Lipinski definition) is 0. The summed E-state index contributed by atoms with van der Waals surface area (Å²) in [5, 5.41) is 0. The molecule has 0 fully saturated rings. The van der Waals surface area contributed by atoms with Crippen LogP contribution >= 0.6 is 10.7 Å². The zero-order valence-corrected chi connectivity index (χ0v) is 14.2. The highest BCUT2D eigenvalue weighted by atomic mass is 35.7. The molecular formula is C12H18ClNO4S2. The summed E-state index contributed by atoms with van der Waals surface area (Å²) in [6.45, 7) is 5.93. The Balaban J connectivity index is 3.38. The van der Waals surface area contributed by atoms with Crippen molar-refractivity contribution < 1.29 is 16.8 Å². The molecule has 8 heteroatoms. The van der Waals surface area contributed by atoms with E-state index in [1.54, 1.807) is 0 Å². The van der Waals surface area contributed by atoms with Gasteiger partial charge >= 0.3 is 0 Å². The smallest absolute Gasteiger partial charge is 0.207 e. The van der Waals surface area contributed by atoms with Crippen LogP contribution in [0.15, 0.2) is 34.1 Å². The van der Waals surface area contributed by atoms with Crippen LogP contribution in [-0.2, 0) is 19.1 Å². The van der Waals surface area contributed by atoms with Gasteiger partial charge in [0.05, 0.1) is 0 Å². The van der Waals surface area contributed by atoms with E-state index in [2.05, 4.69) is 0 Å². The van der Waals surface area contributed by atoms with Gasteiger partial charge in [0, 0.05) is 24.3 Å². The molecule has 0 aliphatic carbocycles. The molecule has 1 aromatic rings. The number of rotatable bonds is 4. The largest absolute Gasteiger partial charge is 0.262 e. The molecular weight excluding hydrogens is 322 g/mol. The number of hydrogen-bond acceptors (Lipinski definition) is 4. The number of benzene rings is 1. The first-order chi connectivity index (χ1) is 8.86. The summed E-state index contributed by atoms with van der Waals surface area (Å²) in [6.07, 6.45) is 0. The number of sulfonamides is 1. The molecule has 0 spiro atoms. The Morgan fingerprint density at radius 1 is 1.05 bits per heavy atom. The molecule has 5 nitrogen and oxygen atoms in total. The van der Waals surface area contributed by atoms with Crippen LogP contribution in [-0.4, -0.2) is 34.7 Å². The highest BCUT2D eigenvalue weighted by Crippen LogP contribution is 2.27. The summed E-state index contributed by atoms with van der Waals surface area (Å²) in [5.41, 5.74) is -0.253. The van der Waals surface area contributed by atoms with Gasteiger partial charge in [-0.3, -0.25) is 0 Å². The molecule has 0 aliphatic heterocycles. The molecule has 0 saturated heterocycles. The first-order valence-electron chi connectivity index (χ1n) is 5.86. The SMILES string of the molecule is CN(CC(C)(C)C)S(=O)(=O)c1ccccc1S(=O)(=O)Cl. The zero-order valence-electron chi connectivity index (χ0n) is 11.8. The van der Waals surface area contributed by atoms with Crippen molar-refractivity contribution in [3.05, 3.63) is 24.3 Å². The third kappa shape index (κ3) is 4.18. The van der Waals surface area contributed by atoms with E-state index in [0.717, 1.165) is 4.31 Å². The summed E-state index contributed by atoms with van der Waals surface area (Å²) >= 11 is 0. The highest BCUT2D eigenvalue weighted by molar-refractivity contribution is 8.14. The van der Waals surface area contributed by atoms with Gasteiger partial charge in [-0.1, -0.05) is 32.9 Å². The quantitative estimate of drug-likeness (QED) is 0.789. The van der Waals surface area contributed by atoms with E-state index in [9.17, 15) is 16.8 Å². The van der Waals surface area contributed by atoms with Gasteiger partial charge in [0.1, 0.15) is 9.79 Å². The zero-order chi connectivity index (χ0) is 15.8. The summed E-state index contributed by atoms with van der Waals surface area (Å²) in [6, 6.07) is 5.31. The van der Waals surface area contributed by atoms with Crippen LogP contribution in [0, 0.1) is 5.41 Å². The molecule has 1 rings (SSSR count). The van der Waals surface area contributed by atoms with E-state index in [1.807, 2.05) is 20.8 Å². The van der Waals surface area contributed by atoms with E-state index in [4.69, 9.17) is 10.7 Å². The maximum absolute atomic E-state index is 12.5. The highest BCUT2D eigenvalue weighted by Gasteiger charge is 2.30. The van der Waals surface area contributed by atoms with Gasteiger partial charge in [0.15, 0.2) is 0 Å². The molecule has 114 valence electrons. The Morgan fingerprint density at radius 3 is 1.90 bits per heavy atom. The first-order valence-corrected chi connectivity index (χ1v) is 9.61. The van der Waals surface area contributed by atoms with E-state index in [0.29, 0.717) is 0 Å². The monoisotopic (exact) mass is 339 g/mol. The molecule has 0 amide bonds. The van der Waals surface area contributed by atoms with Crippen LogP contribution in [0.1, 0.15) is 20.8 Å². The lowest BCUT2D eigenvalue weighted by Crippen LogP contribution is -2.35. The molecule has 0 bridgehead atoms. The molecule has 0 radical (unpaired) electrons. The van der Waals surface area contributed by atoms with Crippen molar-refractivity contribution in [1.82, 2.24) is 4.31 Å². The second-order valence-electron chi connectivity index (χ2n) is 5.71. The molecule has 0 aliphatic rings. The molecule has 0 heterocycles. The van der Waals surface area contributed by atoms with Gasteiger partial charge in [-0.2, -0.15) is 0 Å². The second-order valence-corrected chi connectivity index (χ2v) is 10.3. The van der Waals surface area contributed by atoms with Crippen LogP contribution in [0.5, 0.6) is 0 Å². The maximum atomic E-state index is 12.5. The van der Waals surface area contributed by atoms with E-state index in [1.165, 1.54) is 31.3 Å². The predicted molar refractivity (Wildman–Crippen MR) is 78.8 cm³/mol. The van der Waals surface area contributed by atoms with E-state index >= 15 is 0 Å². The number of nitrogens with zero attached hydrogens (tertiary/aromatic N) is 1. The lowest BCUT2D eigenvalue weighted by Gasteiger charge is -2.26. The molecule has 0 saturated carbocycles. The Kier molecular flexibility index (Phi) is 4.91. The van der Waals surface area contributed by atoms with Crippen molar-refractivity contribution in [3.8, 4) is 0 Å². The predicted octanol–water partition coefficient (Wildman–Crippen LogP) is 2.28. The van der Waals surface area contributed by atoms with Gasteiger partial charge in [-0.05, 0) is 17.5 Å². The van der Waals surface area contributed by atoms with Crippen LogP contribution in [0.2, 0.25) is 0 Å². The van der Waals surface area contributed by atoms with Crippen molar-refractivity contribution in [2.24, 2.45) is 5.41 Å². The molecule has 0 aromatic heterocycles. The van der Waals surface area contributed by atoms with E-state index < -0.39 is 24.0 Å². The van der Waals surface area contributed by atoms with Crippen molar-refractivity contribution in [2.75, 3.05) is 13.6 Å². The molecule has 0 unspecified atom stereocenters. The summed E-state index contributed by atoms with van der Waals surface area (Å²) in [4.78, 5) is -0.704. The maximum Gasteiger partial charge on any atom is 0.262 e. The van der Waals surface area contributed by atoms with Gasteiger partial charge in [-0.25, -0.2) is 21.1 Å². The van der Waals surface area contributed by atoms with E-state index in [-0.39, 0.29) is 16.9 Å². The average molecular weight is 340 g/mol. The Labute approximate surface area is 125 Å². The minimum atomic E-state index is -4.13. The average Bonchev–Trinajstić information content (AvgIpc) is 2.25.